The molecule has 1 rings (SSSR count). The Balaban J connectivity index is 2.44. The predicted octanol–water partition coefficient (Wildman–Crippen LogP) is 2.78. The minimum atomic E-state index is 0.213. The maximum absolute atomic E-state index is 4.31. The van der Waals surface area contributed by atoms with Gasteiger partial charge in [0.1, 0.15) is 0 Å². The number of aromatic nitrogens is 2. The van der Waals surface area contributed by atoms with Crippen LogP contribution in [0.4, 0.5) is 0 Å². The summed E-state index contributed by atoms with van der Waals surface area (Å²) in [5.74, 6) is 0.567. The molecule has 1 heterocycles. The van der Waals surface area contributed by atoms with Crippen LogP contribution in [0, 0.1) is 0 Å². The minimum Gasteiger partial charge on any atom is -0.312 e. The topological polar surface area (TPSA) is 29.9 Å². The second-order valence-electron chi connectivity index (χ2n) is 5.44. The van der Waals surface area contributed by atoms with E-state index in [-0.39, 0.29) is 5.54 Å². The van der Waals surface area contributed by atoms with E-state index in [9.17, 15) is 0 Å². The summed E-state index contributed by atoms with van der Waals surface area (Å²) in [4.78, 5) is 0. The molecule has 0 fully saturated rings. The minimum absolute atomic E-state index is 0.213. The Morgan fingerprint density at radius 2 is 2.12 bits per heavy atom. The Labute approximate surface area is 99.2 Å². The third-order valence-corrected chi connectivity index (χ3v) is 2.79. The number of hydrogen-bond acceptors (Lipinski definition) is 2. The number of aryl methyl sites for hydroxylation is 1. The molecule has 92 valence electrons. The first-order valence-electron chi connectivity index (χ1n) is 6.20. The second-order valence-corrected chi connectivity index (χ2v) is 5.44. The molecule has 0 saturated heterocycles. The highest BCUT2D eigenvalue weighted by molar-refractivity contribution is 5.06. The Kier molecular flexibility index (Phi) is 4.54. The lowest BCUT2D eigenvalue weighted by molar-refractivity contribution is 0.409. The van der Waals surface area contributed by atoms with Crippen LogP contribution >= 0.6 is 0 Å². The molecule has 0 aliphatic carbocycles. The first-order chi connectivity index (χ1) is 7.44. The third kappa shape index (κ3) is 3.97. The van der Waals surface area contributed by atoms with Gasteiger partial charge in [0.2, 0.25) is 0 Å². The van der Waals surface area contributed by atoms with E-state index in [1.807, 2.05) is 6.20 Å². The number of nitrogens with one attached hydrogen (secondary N) is 1. The summed E-state index contributed by atoms with van der Waals surface area (Å²) in [5, 5.41) is 7.83. The van der Waals surface area contributed by atoms with Crippen molar-refractivity contribution in [3.63, 3.8) is 0 Å². The fourth-order valence-corrected chi connectivity index (χ4v) is 1.84. The van der Waals surface area contributed by atoms with Crippen LogP contribution in [-0.4, -0.2) is 21.9 Å². The summed E-state index contributed by atoms with van der Waals surface area (Å²) in [6, 6.07) is 2.13. The van der Waals surface area contributed by atoms with Crippen LogP contribution < -0.4 is 5.32 Å². The highest BCUT2D eigenvalue weighted by atomic mass is 15.3. The molecule has 1 unspecified atom stereocenters. The first-order valence-corrected chi connectivity index (χ1v) is 6.20. The highest BCUT2D eigenvalue weighted by Crippen LogP contribution is 2.18. The van der Waals surface area contributed by atoms with Crippen molar-refractivity contribution < 1.29 is 0 Å². The van der Waals surface area contributed by atoms with Crippen LogP contribution in [0.25, 0.3) is 0 Å². The lowest BCUT2D eigenvalue weighted by atomic mass is 10.0. The standard InChI is InChI=1S/C13H25N3/c1-6-16-12(8-10-15-16)11(2)7-9-14-13(3,4)5/h8,10-11,14H,6-7,9H2,1-5H3. The number of nitrogens with zero attached hydrogens (tertiary/aromatic N) is 2. The van der Waals surface area contributed by atoms with E-state index in [4.69, 9.17) is 0 Å². The monoisotopic (exact) mass is 223 g/mol. The Morgan fingerprint density at radius 1 is 1.44 bits per heavy atom. The quantitative estimate of drug-likeness (QED) is 0.832. The van der Waals surface area contributed by atoms with Gasteiger partial charge >= 0.3 is 0 Å². The smallest absolute Gasteiger partial charge is 0.0492 e. The van der Waals surface area contributed by atoms with Crippen molar-refractivity contribution in [2.24, 2.45) is 0 Å². The van der Waals surface area contributed by atoms with Crippen LogP contribution in [0.15, 0.2) is 12.3 Å². The van der Waals surface area contributed by atoms with Gasteiger partial charge in [0.25, 0.3) is 0 Å². The molecule has 1 atom stereocenters. The van der Waals surface area contributed by atoms with E-state index in [1.165, 1.54) is 5.69 Å². The molecule has 0 spiro atoms. The zero-order valence-corrected chi connectivity index (χ0v) is 11.2. The molecule has 3 nitrogen and oxygen atoms in total. The molecule has 0 aliphatic heterocycles. The summed E-state index contributed by atoms with van der Waals surface area (Å²) in [6.45, 7) is 13.0. The van der Waals surface area contributed by atoms with E-state index >= 15 is 0 Å². The molecule has 0 amide bonds. The first kappa shape index (κ1) is 13.2. The average molecular weight is 223 g/mol. The molecular formula is C13H25N3. The zero-order chi connectivity index (χ0) is 12.2. The maximum Gasteiger partial charge on any atom is 0.0492 e. The van der Waals surface area contributed by atoms with Gasteiger partial charge in [-0.3, -0.25) is 4.68 Å². The van der Waals surface area contributed by atoms with Crippen LogP contribution in [0.5, 0.6) is 0 Å². The average Bonchev–Trinajstić information content (AvgIpc) is 2.63. The number of hydrogen-bond donors (Lipinski definition) is 1. The van der Waals surface area contributed by atoms with E-state index in [0.717, 1.165) is 19.5 Å². The van der Waals surface area contributed by atoms with Crippen LogP contribution in [0.2, 0.25) is 0 Å². The van der Waals surface area contributed by atoms with E-state index < -0.39 is 0 Å². The van der Waals surface area contributed by atoms with Gasteiger partial charge in [0.05, 0.1) is 0 Å². The van der Waals surface area contributed by atoms with Crippen molar-refractivity contribution in [2.45, 2.75) is 59.0 Å². The van der Waals surface area contributed by atoms with Gasteiger partial charge in [-0.15, -0.1) is 0 Å². The van der Waals surface area contributed by atoms with Gasteiger partial charge in [-0.1, -0.05) is 6.92 Å². The molecule has 0 radical (unpaired) electrons. The predicted molar refractivity (Wildman–Crippen MR) is 68.7 cm³/mol. The summed E-state index contributed by atoms with van der Waals surface area (Å²) in [6.07, 6.45) is 3.05. The maximum atomic E-state index is 4.31. The Morgan fingerprint density at radius 3 is 2.69 bits per heavy atom. The molecule has 0 aromatic carbocycles. The van der Waals surface area contributed by atoms with Gasteiger partial charge in [-0.25, -0.2) is 0 Å². The Bertz CT molecular complexity index is 309. The summed E-state index contributed by atoms with van der Waals surface area (Å²) in [5.41, 5.74) is 1.56. The van der Waals surface area contributed by atoms with E-state index in [2.05, 4.69) is 55.8 Å². The normalized spacial score (nSPS) is 14.1. The summed E-state index contributed by atoms with van der Waals surface area (Å²) >= 11 is 0. The SMILES string of the molecule is CCn1nccc1C(C)CCNC(C)(C)C. The second kappa shape index (κ2) is 5.48. The van der Waals surface area contributed by atoms with Crippen molar-refractivity contribution >= 4 is 0 Å². The van der Waals surface area contributed by atoms with Crippen molar-refractivity contribution in [1.29, 1.82) is 0 Å². The fraction of sp³-hybridized carbons (Fsp3) is 0.769. The largest absolute Gasteiger partial charge is 0.312 e. The molecule has 16 heavy (non-hydrogen) atoms. The molecular weight excluding hydrogens is 198 g/mol. The molecule has 0 saturated carbocycles. The van der Waals surface area contributed by atoms with Crippen molar-refractivity contribution in [2.75, 3.05) is 6.54 Å². The van der Waals surface area contributed by atoms with Gasteiger partial charge in [-0.2, -0.15) is 5.10 Å². The van der Waals surface area contributed by atoms with Crippen LogP contribution in [-0.2, 0) is 6.54 Å². The van der Waals surface area contributed by atoms with Crippen LogP contribution in [0.3, 0.4) is 0 Å². The van der Waals surface area contributed by atoms with Gasteiger partial charge in [0.15, 0.2) is 0 Å². The lowest BCUT2D eigenvalue weighted by Crippen LogP contribution is -2.36. The number of rotatable bonds is 5. The summed E-state index contributed by atoms with van der Waals surface area (Å²) in [7, 11) is 0. The summed E-state index contributed by atoms with van der Waals surface area (Å²) < 4.78 is 2.09. The van der Waals surface area contributed by atoms with Gasteiger partial charge in [0, 0.05) is 24.0 Å². The van der Waals surface area contributed by atoms with E-state index in [1.54, 1.807) is 0 Å². The molecule has 1 aromatic heterocycles. The van der Waals surface area contributed by atoms with Gasteiger partial charge < -0.3 is 5.32 Å². The van der Waals surface area contributed by atoms with Crippen molar-refractivity contribution in [3.8, 4) is 0 Å². The molecule has 3 heteroatoms. The molecule has 1 aromatic rings. The molecule has 0 aliphatic rings. The van der Waals surface area contributed by atoms with Crippen LogP contribution in [0.1, 0.15) is 52.7 Å². The van der Waals surface area contributed by atoms with Gasteiger partial charge in [-0.05, 0) is 52.6 Å². The Hall–Kier alpha value is -0.830. The lowest BCUT2D eigenvalue weighted by Gasteiger charge is -2.22. The highest BCUT2D eigenvalue weighted by Gasteiger charge is 2.12. The molecule has 0 bridgehead atoms. The third-order valence-electron chi connectivity index (χ3n) is 2.79. The fourth-order valence-electron chi connectivity index (χ4n) is 1.84. The van der Waals surface area contributed by atoms with Crippen molar-refractivity contribution in [1.82, 2.24) is 15.1 Å². The van der Waals surface area contributed by atoms with E-state index in [0.29, 0.717) is 5.92 Å². The zero-order valence-electron chi connectivity index (χ0n) is 11.2. The van der Waals surface area contributed by atoms with Crippen molar-refractivity contribution in [3.05, 3.63) is 18.0 Å². The molecule has 1 N–H and O–H groups in total.